The van der Waals surface area contributed by atoms with Crippen LogP contribution in [0, 0.1) is 0 Å². The average molecular weight is 295 g/mol. The summed E-state index contributed by atoms with van der Waals surface area (Å²) >= 11 is 0. The molecule has 0 unspecified atom stereocenters. The minimum Gasteiger partial charge on any atom is -0.371 e. The fraction of sp³-hybridized carbons (Fsp3) is 0.333. The van der Waals surface area contributed by atoms with Gasteiger partial charge in [0.2, 0.25) is 0 Å². The summed E-state index contributed by atoms with van der Waals surface area (Å²) in [5, 5.41) is 2.88. The van der Waals surface area contributed by atoms with Crippen LogP contribution >= 0.6 is 0 Å². The van der Waals surface area contributed by atoms with Gasteiger partial charge in [0.05, 0.1) is 0 Å². The summed E-state index contributed by atoms with van der Waals surface area (Å²) in [4.78, 5) is 18.9. The molecular weight excluding hydrogens is 274 g/mol. The second kappa shape index (κ2) is 7.07. The first-order valence-electron chi connectivity index (χ1n) is 7.90. The van der Waals surface area contributed by atoms with Crippen molar-refractivity contribution in [1.29, 1.82) is 0 Å². The van der Waals surface area contributed by atoms with E-state index in [0.29, 0.717) is 5.69 Å². The number of pyridine rings is 1. The van der Waals surface area contributed by atoms with Crippen LogP contribution in [0.4, 0.5) is 11.4 Å². The molecule has 0 atom stereocenters. The minimum absolute atomic E-state index is 0.164. The monoisotopic (exact) mass is 295 g/mol. The van der Waals surface area contributed by atoms with E-state index in [0.717, 1.165) is 24.5 Å². The lowest BCUT2D eigenvalue weighted by Gasteiger charge is -2.22. The average Bonchev–Trinajstić information content (AvgIpc) is 2.85. The zero-order valence-corrected chi connectivity index (χ0v) is 12.7. The highest BCUT2D eigenvalue weighted by atomic mass is 16.1. The minimum atomic E-state index is -0.164. The van der Waals surface area contributed by atoms with E-state index in [1.807, 2.05) is 42.5 Å². The van der Waals surface area contributed by atoms with Crippen molar-refractivity contribution >= 4 is 17.3 Å². The third kappa shape index (κ3) is 3.64. The molecule has 114 valence electrons. The normalized spacial score (nSPS) is 15.2. The molecule has 1 aromatic heterocycles. The van der Waals surface area contributed by atoms with Crippen molar-refractivity contribution in [1.82, 2.24) is 4.98 Å². The predicted octanol–water partition coefficient (Wildman–Crippen LogP) is 3.71. The van der Waals surface area contributed by atoms with Crippen molar-refractivity contribution in [3.63, 3.8) is 0 Å². The molecule has 0 spiro atoms. The molecule has 2 heterocycles. The lowest BCUT2D eigenvalue weighted by molar-refractivity contribution is 0.102. The lowest BCUT2D eigenvalue weighted by atomic mass is 10.2. The number of anilines is 2. The third-order valence-electron chi connectivity index (χ3n) is 3.98. The first-order valence-corrected chi connectivity index (χ1v) is 7.90. The van der Waals surface area contributed by atoms with Crippen molar-refractivity contribution in [2.24, 2.45) is 0 Å². The summed E-state index contributed by atoms with van der Waals surface area (Å²) in [6.07, 6.45) is 6.74. The maximum Gasteiger partial charge on any atom is 0.274 e. The molecule has 22 heavy (non-hydrogen) atoms. The molecule has 0 radical (unpaired) electrons. The van der Waals surface area contributed by atoms with Crippen molar-refractivity contribution in [2.75, 3.05) is 23.3 Å². The van der Waals surface area contributed by atoms with Gasteiger partial charge in [0, 0.05) is 30.7 Å². The molecular formula is C18H21N3O. The zero-order valence-electron chi connectivity index (χ0n) is 12.7. The number of hydrogen-bond acceptors (Lipinski definition) is 3. The van der Waals surface area contributed by atoms with Gasteiger partial charge in [0.15, 0.2) is 0 Å². The van der Waals surface area contributed by atoms with Crippen LogP contribution in [0.3, 0.4) is 0 Å². The van der Waals surface area contributed by atoms with Gasteiger partial charge in [0.1, 0.15) is 5.69 Å². The van der Waals surface area contributed by atoms with Crippen LogP contribution in [-0.4, -0.2) is 24.0 Å². The fourth-order valence-corrected chi connectivity index (χ4v) is 2.79. The summed E-state index contributed by atoms with van der Waals surface area (Å²) < 4.78 is 0. The van der Waals surface area contributed by atoms with Crippen LogP contribution in [0.15, 0.2) is 48.7 Å². The topological polar surface area (TPSA) is 45.2 Å². The maximum absolute atomic E-state index is 12.3. The van der Waals surface area contributed by atoms with Crippen molar-refractivity contribution < 1.29 is 4.79 Å². The van der Waals surface area contributed by atoms with Crippen molar-refractivity contribution in [3.8, 4) is 0 Å². The molecule has 0 aliphatic carbocycles. The molecule has 4 nitrogen and oxygen atoms in total. The van der Waals surface area contributed by atoms with Gasteiger partial charge in [0.25, 0.3) is 5.91 Å². The molecule has 1 amide bonds. The number of benzene rings is 1. The Labute approximate surface area is 131 Å². The first-order chi connectivity index (χ1) is 10.8. The molecule has 1 aliphatic rings. The Morgan fingerprint density at radius 3 is 2.45 bits per heavy atom. The number of carbonyl (C=O) groups excluding carboxylic acids is 1. The number of aromatic nitrogens is 1. The summed E-state index contributed by atoms with van der Waals surface area (Å²) in [5.74, 6) is -0.164. The van der Waals surface area contributed by atoms with E-state index in [1.54, 1.807) is 6.20 Å². The second-order valence-electron chi connectivity index (χ2n) is 5.62. The van der Waals surface area contributed by atoms with Crippen LogP contribution in [-0.2, 0) is 0 Å². The van der Waals surface area contributed by atoms with E-state index in [1.165, 1.54) is 25.7 Å². The molecule has 1 fully saturated rings. The third-order valence-corrected chi connectivity index (χ3v) is 3.98. The summed E-state index contributed by atoms with van der Waals surface area (Å²) in [7, 11) is 0. The zero-order chi connectivity index (χ0) is 15.2. The number of hydrogen-bond donors (Lipinski definition) is 1. The predicted molar refractivity (Wildman–Crippen MR) is 89.3 cm³/mol. The largest absolute Gasteiger partial charge is 0.371 e. The number of nitrogens with one attached hydrogen (secondary N) is 1. The molecule has 3 rings (SSSR count). The highest BCUT2D eigenvalue weighted by molar-refractivity contribution is 6.03. The Morgan fingerprint density at radius 2 is 1.73 bits per heavy atom. The summed E-state index contributed by atoms with van der Waals surface area (Å²) in [5.41, 5.74) is 2.34. The highest BCUT2D eigenvalue weighted by Gasteiger charge is 2.13. The van der Waals surface area contributed by atoms with E-state index in [-0.39, 0.29) is 5.91 Å². The summed E-state index contributed by atoms with van der Waals surface area (Å²) in [6, 6.07) is 13.3. The van der Waals surface area contributed by atoms with Gasteiger partial charge in [-0.15, -0.1) is 0 Å². The number of carbonyl (C=O) groups is 1. The number of amides is 1. The van der Waals surface area contributed by atoms with Gasteiger partial charge < -0.3 is 10.2 Å². The Morgan fingerprint density at radius 1 is 1.00 bits per heavy atom. The van der Waals surface area contributed by atoms with Crippen LogP contribution in [0.1, 0.15) is 36.2 Å². The van der Waals surface area contributed by atoms with E-state index in [9.17, 15) is 4.79 Å². The molecule has 1 saturated heterocycles. The Kier molecular flexibility index (Phi) is 4.68. The molecule has 2 aromatic rings. The number of nitrogens with zero attached hydrogens (tertiary/aromatic N) is 2. The van der Waals surface area contributed by atoms with Gasteiger partial charge >= 0.3 is 0 Å². The molecule has 4 heteroatoms. The van der Waals surface area contributed by atoms with Gasteiger partial charge in [-0.25, -0.2) is 0 Å². The molecule has 0 saturated carbocycles. The first kappa shape index (κ1) is 14.6. The van der Waals surface area contributed by atoms with E-state index in [4.69, 9.17) is 0 Å². The molecule has 1 N–H and O–H groups in total. The molecule has 1 aliphatic heterocycles. The Hall–Kier alpha value is -2.36. The van der Waals surface area contributed by atoms with Gasteiger partial charge in [-0.2, -0.15) is 0 Å². The SMILES string of the molecule is O=C(Nc1ccccc1)c1cc(N2CCCCCC2)ccn1. The summed E-state index contributed by atoms with van der Waals surface area (Å²) in [6.45, 7) is 2.12. The van der Waals surface area contributed by atoms with E-state index < -0.39 is 0 Å². The van der Waals surface area contributed by atoms with Gasteiger partial charge in [-0.3, -0.25) is 9.78 Å². The van der Waals surface area contributed by atoms with Crippen molar-refractivity contribution in [3.05, 3.63) is 54.4 Å². The Balaban J connectivity index is 1.74. The van der Waals surface area contributed by atoms with Gasteiger partial charge in [-0.1, -0.05) is 31.0 Å². The second-order valence-corrected chi connectivity index (χ2v) is 5.62. The van der Waals surface area contributed by atoms with Crippen LogP contribution in [0.5, 0.6) is 0 Å². The maximum atomic E-state index is 12.3. The smallest absolute Gasteiger partial charge is 0.274 e. The Bertz CT molecular complexity index is 619. The quantitative estimate of drug-likeness (QED) is 0.938. The van der Waals surface area contributed by atoms with Crippen molar-refractivity contribution in [2.45, 2.75) is 25.7 Å². The number of para-hydroxylation sites is 1. The number of rotatable bonds is 3. The highest BCUT2D eigenvalue weighted by Crippen LogP contribution is 2.20. The fourth-order valence-electron chi connectivity index (χ4n) is 2.79. The van der Waals surface area contributed by atoms with Crippen LogP contribution in [0.2, 0.25) is 0 Å². The van der Waals surface area contributed by atoms with E-state index >= 15 is 0 Å². The van der Waals surface area contributed by atoms with Crippen LogP contribution in [0.25, 0.3) is 0 Å². The standard InChI is InChI=1S/C18H21N3O/c22-18(20-15-8-4-3-5-9-15)17-14-16(10-11-19-17)21-12-6-1-2-7-13-21/h3-5,8-11,14H,1-2,6-7,12-13H2,(H,20,22). The molecule has 0 bridgehead atoms. The lowest BCUT2D eigenvalue weighted by Crippen LogP contribution is -2.24. The molecule has 1 aromatic carbocycles. The van der Waals surface area contributed by atoms with E-state index in [2.05, 4.69) is 15.2 Å². The van der Waals surface area contributed by atoms with Gasteiger partial charge in [-0.05, 0) is 37.1 Å². The van der Waals surface area contributed by atoms with Crippen LogP contribution < -0.4 is 10.2 Å².